The number of hydrogen-bond acceptors (Lipinski definition) is 3. The van der Waals surface area contributed by atoms with E-state index in [9.17, 15) is 9.59 Å². The molecule has 6 nitrogen and oxygen atoms in total. The van der Waals surface area contributed by atoms with Gasteiger partial charge in [0.2, 0.25) is 5.91 Å². The molecule has 1 unspecified atom stereocenters. The minimum Gasteiger partial charge on any atom is -0.368 e. The van der Waals surface area contributed by atoms with Crippen LogP contribution in [0.3, 0.4) is 0 Å². The van der Waals surface area contributed by atoms with Gasteiger partial charge in [0.15, 0.2) is 0 Å². The Bertz CT molecular complexity index is 954. The molecule has 176 valence electrons. The van der Waals surface area contributed by atoms with Crippen molar-refractivity contribution in [3.63, 3.8) is 0 Å². The van der Waals surface area contributed by atoms with Gasteiger partial charge >= 0.3 is 6.03 Å². The van der Waals surface area contributed by atoms with Crippen LogP contribution in [0.5, 0.6) is 0 Å². The molecule has 0 saturated carbocycles. The van der Waals surface area contributed by atoms with Crippen molar-refractivity contribution in [2.24, 2.45) is 5.92 Å². The van der Waals surface area contributed by atoms with Crippen molar-refractivity contribution in [3.05, 3.63) is 59.7 Å². The summed E-state index contributed by atoms with van der Waals surface area (Å²) in [4.78, 5) is 31.8. The van der Waals surface area contributed by atoms with E-state index in [0.29, 0.717) is 12.3 Å². The second kappa shape index (κ2) is 10.7. The lowest BCUT2D eigenvalue weighted by Gasteiger charge is -2.37. The molecule has 0 aromatic heterocycles. The highest BCUT2D eigenvalue weighted by atomic mass is 16.2. The zero-order valence-corrected chi connectivity index (χ0v) is 19.9. The Kier molecular flexibility index (Phi) is 7.53. The lowest BCUT2D eigenvalue weighted by atomic mass is 9.93. The molecule has 4 rings (SSSR count). The zero-order chi connectivity index (χ0) is 23.2. The van der Waals surface area contributed by atoms with Crippen molar-refractivity contribution in [2.45, 2.75) is 39.5 Å². The van der Waals surface area contributed by atoms with E-state index >= 15 is 0 Å². The fraction of sp³-hybridized carbons (Fsp3) is 0.481. The predicted octanol–water partition coefficient (Wildman–Crippen LogP) is 4.68. The first kappa shape index (κ1) is 23.1. The monoisotopic (exact) mass is 448 g/mol. The number of piperazine rings is 1. The van der Waals surface area contributed by atoms with Gasteiger partial charge in [-0.05, 0) is 68.4 Å². The molecule has 6 heteroatoms. The highest BCUT2D eigenvalue weighted by Crippen LogP contribution is 2.25. The van der Waals surface area contributed by atoms with Gasteiger partial charge in [-0.2, -0.15) is 0 Å². The van der Waals surface area contributed by atoms with Gasteiger partial charge in [-0.15, -0.1) is 0 Å². The number of rotatable bonds is 5. The smallest absolute Gasteiger partial charge is 0.321 e. The lowest BCUT2D eigenvalue weighted by molar-refractivity contribution is -0.131. The quantitative estimate of drug-likeness (QED) is 0.723. The molecular weight excluding hydrogens is 412 g/mol. The summed E-state index contributed by atoms with van der Waals surface area (Å²) in [6.45, 7) is 9.11. The topological polar surface area (TPSA) is 55.9 Å². The van der Waals surface area contributed by atoms with E-state index in [1.54, 1.807) is 0 Å². The van der Waals surface area contributed by atoms with Crippen LogP contribution in [0, 0.1) is 19.8 Å². The van der Waals surface area contributed by atoms with Crippen LogP contribution in [0.1, 0.15) is 36.8 Å². The Balaban J connectivity index is 1.22. The number of aryl methyl sites for hydroxylation is 2. The lowest BCUT2D eigenvalue weighted by Crippen LogP contribution is -2.49. The molecule has 2 aliphatic heterocycles. The third-order valence-electron chi connectivity index (χ3n) is 6.94. The van der Waals surface area contributed by atoms with E-state index in [0.717, 1.165) is 64.2 Å². The molecule has 2 aliphatic rings. The minimum atomic E-state index is -0.0419. The second-order valence-corrected chi connectivity index (χ2v) is 9.45. The summed E-state index contributed by atoms with van der Waals surface area (Å²) in [7, 11) is 0. The summed E-state index contributed by atoms with van der Waals surface area (Å²) >= 11 is 0. The molecule has 1 N–H and O–H groups in total. The van der Waals surface area contributed by atoms with E-state index in [1.807, 2.05) is 40.1 Å². The van der Waals surface area contributed by atoms with Gasteiger partial charge in [-0.25, -0.2) is 4.79 Å². The zero-order valence-electron chi connectivity index (χ0n) is 19.9. The molecule has 0 spiro atoms. The average molecular weight is 449 g/mol. The van der Waals surface area contributed by atoms with Crippen molar-refractivity contribution < 1.29 is 9.59 Å². The molecule has 2 aromatic rings. The Morgan fingerprint density at radius 3 is 2.45 bits per heavy atom. The molecule has 0 bridgehead atoms. The summed E-state index contributed by atoms with van der Waals surface area (Å²) in [5, 5.41) is 2.98. The molecular formula is C27H36N4O2. The summed E-state index contributed by atoms with van der Waals surface area (Å²) < 4.78 is 0. The minimum absolute atomic E-state index is 0.0419. The maximum Gasteiger partial charge on any atom is 0.321 e. The molecule has 33 heavy (non-hydrogen) atoms. The number of piperidine rings is 1. The highest BCUT2D eigenvalue weighted by Gasteiger charge is 2.26. The first-order chi connectivity index (χ1) is 16.0. The number of carbonyl (C=O) groups is 2. The van der Waals surface area contributed by atoms with Gasteiger partial charge < -0.3 is 20.0 Å². The van der Waals surface area contributed by atoms with Gasteiger partial charge in [0.05, 0.1) is 0 Å². The van der Waals surface area contributed by atoms with E-state index in [1.165, 1.54) is 16.8 Å². The number of nitrogens with one attached hydrogen (secondary N) is 1. The van der Waals surface area contributed by atoms with Crippen LogP contribution in [-0.4, -0.2) is 61.0 Å². The maximum atomic E-state index is 12.9. The van der Waals surface area contributed by atoms with Crippen LogP contribution in [-0.2, 0) is 4.79 Å². The first-order valence-electron chi connectivity index (χ1n) is 12.2. The SMILES string of the molecule is Cc1ccc(C)c(N2CCN(C(=O)CCC3CCCN(C(=O)Nc4ccccc4)C3)CC2)c1. The molecule has 2 heterocycles. The summed E-state index contributed by atoms with van der Waals surface area (Å²) in [5.41, 5.74) is 4.67. The molecule has 3 amide bonds. The van der Waals surface area contributed by atoms with Crippen LogP contribution in [0.2, 0.25) is 0 Å². The maximum absolute atomic E-state index is 12.9. The summed E-state index contributed by atoms with van der Waals surface area (Å²) in [6, 6.07) is 16.1. The second-order valence-electron chi connectivity index (χ2n) is 9.45. The number of amides is 3. The van der Waals surface area contributed by atoms with E-state index < -0.39 is 0 Å². The Morgan fingerprint density at radius 2 is 1.70 bits per heavy atom. The average Bonchev–Trinajstić information content (AvgIpc) is 2.85. The number of anilines is 2. The van der Waals surface area contributed by atoms with Crippen LogP contribution in [0.15, 0.2) is 48.5 Å². The molecule has 1 atom stereocenters. The number of benzene rings is 2. The Hall–Kier alpha value is -3.02. The normalized spacial score (nSPS) is 18.8. The van der Waals surface area contributed by atoms with Crippen LogP contribution < -0.4 is 10.2 Å². The van der Waals surface area contributed by atoms with E-state index in [2.05, 4.69) is 42.3 Å². The van der Waals surface area contributed by atoms with E-state index in [4.69, 9.17) is 0 Å². The summed E-state index contributed by atoms with van der Waals surface area (Å²) in [6.07, 6.45) is 3.51. The third kappa shape index (κ3) is 6.06. The van der Waals surface area contributed by atoms with Gasteiger partial charge in [-0.1, -0.05) is 30.3 Å². The largest absolute Gasteiger partial charge is 0.368 e. The van der Waals surface area contributed by atoms with Crippen molar-refractivity contribution in [3.8, 4) is 0 Å². The highest BCUT2D eigenvalue weighted by molar-refractivity contribution is 5.89. The van der Waals surface area contributed by atoms with Gasteiger partial charge in [0.25, 0.3) is 0 Å². The van der Waals surface area contributed by atoms with Gasteiger partial charge in [0.1, 0.15) is 0 Å². The van der Waals surface area contributed by atoms with Crippen molar-refractivity contribution in [2.75, 3.05) is 49.5 Å². The van der Waals surface area contributed by atoms with Crippen LogP contribution in [0.25, 0.3) is 0 Å². The molecule has 2 fully saturated rings. The molecule has 0 aliphatic carbocycles. The predicted molar refractivity (Wildman–Crippen MR) is 134 cm³/mol. The number of para-hydroxylation sites is 1. The number of likely N-dealkylation sites (tertiary alicyclic amines) is 1. The Labute approximate surface area is 197 Å². The molecule has 2 aromatic carbocycles. The van der Waals surface area contributed by atoms with Crippen molar-refractivity contribution in [1.29, 1.82) is 0 Å². The first-order valence-corrected chi connectivity index (χ1v) is 12.2. The standard InChI is InChI=1S/C27H36N4O2/c1-21-10-11-22(2)25(19-21)29-15-17-30(18-16-29)26(32)13-12-23-7-6-14-31(20-23)27(33)28-24-8-4-3-5-9-24/h3-5,8-11,19,23H,6-7,12-18,20H2,1-2H3,(H,28,33). The fourth-order valence-corrected chi connectivity index (χ4v) is 4.95. The number of urea groups is 1. The molecule has 2 saturated heterocycles. The molecule has 0 radical (unpaired) electrons. The number of nitrogens with zero attached hydrogens (tertiary/aromatic N) is 3. The van der Waals surface area contributed by atoms with Gasteiger partial charge in [0, 0.05) is 57.1 Å². The Morgan fingerprint density at radius 1 is 0.939 bits per heavy atom. The van der Waals surface area contributed by atoms with Crippen molar-refractivity contribution in [1.82, 2.24) is 9.80 Å². The van der Waals surface area contributed by atoms with Crippen molar-refractivity contribution >= 4 is 23.3 Å². The summed E-state index contributed by atoms with van der Waals surface area (Å²) in [5.74, 6) is 0.641. The number of hydrogen-bond donors (Lipinski definition) is 1. The van der Waals surface area contributed by atoms with Gasteiger partial charge in [-0.3, -0.25) is 4.79 Å². The van der Waals surface area contributed by atoms with E-state index in [-0.39, 0.29) is 11.9 Å². The third-order valence-corrected chi connectivity index (χ3v) is 6.94. The number of carbonyl (C=O) groups excluding carboxylic acids is 2. The van der Waals surface area contributed by atoms with Crippen LogP contribution >= 0.6 is 0 Å². The van der Waals surface area contributed by atoms with Crippen LogP contribution in [0.4, 0.5) is 16.2 Å². The fourth-order valence-electron chi connectivity index (χ4n) is 4.95.